The monoisotopic (exact) mass is 523 g/mol. The maximum absolute atomic E-state index is 14.3. The molecule has 0 aromatic heterocycles. The van der Waals surface area contributed by atoms with Crippen LogP contribution in [-0.4, -0.2) is 55.2 Å². The predicted octanol–water partition coefficient (Wildman–Crippen LogP) is 3.13. The van der Waals surface area contributed by atoms with Crippen LogP contribution in [0.25, 0.3) is 0 Å². The number of carbonyl (C=O) groups is 2. The van der Waals surface area contributed by atoms with Gasteiger partial charge in [0, 0.05) is 37.3 Å². The summed E-state index contributed by atoms with van der Waals surface area (Å²) in [4.78, 5) is 26.2. The first kappa shape index (κ1) is 26.6. The Morgan fingerprint density at radius 1 is 0.949 bits per heavy atom. The minimum atomic E-state index is -2.14. The summed E-state index contributed by atoms with van der Waals surface area (Å²) in [6.45, 7) is 4.04. The van der Waals surface area contributed by atoms with Gasteiger partial charge in [0.15, 0.2) is 6.10 Å². The molecule has 3 aromatic rings. The lowest BCUT2D eigenvalue weighted by Gasteiger charge is -2.53. The number of ether oxygens (including phenoxy) is 1. The van der Waals surface area contributed by atoms with Gasteiger partial charge in [-0.15, -0.1) is 0 Å². The van der Waals surface area contributed by atoms with E-state index in [9.17, 15) is 20.0 Å². The maximum Gasteiger partial charge on any atom is 0.304 e. The Balaban J connectivity index is 1.23. The van der Waals surface area contributed by atoms with Gasteiger partial charge in [-0.05, 0) is 23.3 Å². The van der Waals surface area contributed by atoms with Crippen molar-refractivity contribution in [3.05, 3.63) is 107 Å². The molecule has 1 amide bonds. The molecule has 1 unspecified atom stereocenters. The minimum absolute atomic E-state index is 0.245. The van der Waals surface area contributed by atoms with Crippen molar-refractivity contribution in [3.8, 4) is 6.07 Å². The molecule has 0 aliphatic carbocycles. The van der Waals surface area contributed by atoms with Crippen molar-refractivity contribution < 1.29 is 23.9 Å². The Hall–Kier alpha value is -3.99. The quantitative estimate of drug-likeness (QED) is 0.264. The lowest BCUT2D eigenvalue weighted by atomic mass is 9.82. The number of fused-ring (bicyclic) bond motifs is 3. The van der Waals surface area contributed by atoms with E-state index in [0.717, 1.165) is 43.4 Å². The van der Waals surface area contributed by atoms with Gasteiger partial charge >= 0.3 is 5.97 Å². The van der Waals surface area contributed by atoms with E-state index in [1.54, 1.807) is 72.8 Å². The Morgan fingerprint density at radius 2 is 1.54 bits per heavy atom. The first-order valence-electron chi connectivity index (χ1n) is 13.6. The molecule has 3 saturated heterocycles. The van der Waals surface area contributed by atoms with E-state index in [1.165, 1.54) is 0 Å². The lowest BCUT2D eigenvalue weighted by molar-refractivity contribution is -0.946. The van der Waals surface area contributed by atoms with Crippen molar-refractivity contribution in [1.82, 2.24) is 5.32 Å². The molecule has 200 valence electrons. The van der Waals surface area contributed by atoms with Crippen LogP contribution in [0.3, 0.4) is 0 Å². The van der Waals surface area contributed by atoms with Crippen molar-refractivity contribution in [1.29, 1.82) is 5.26 Å². The third kappa shape index (κ3) is 5.44. The highest BCUT2D eigenvalue weighted by atomic mass is 16.6. The molecular weight excluding hydrogens is 490 g/mol. The zero-order valence-electron chi connectivity index (χ0n) is 21.9. The molecule has 3 aliphatic rings. The summed E-state index contributed by atoms with van der Waals surface area (Å²) in [5.74, 6) is -0.739. The number of quaternary nitrogens is 1. The maximum atomic E-state index is 14.3. The van der Waals surface area contributed by atoms with E-state index < -0.39 is 11.6 Å². The molecule has 0 saturated carbocycles. The van der Waals surface area contributed by atoms with Gasteiger partial charge in [-0.2, -0.15) is 5.26 Å². The average molecular weight is 524 g/mol. The number of hydrogen-bond donors (Lipinski definition) is 1. The van der Waals surface area contributed by atoms with Crippen LogP contribution >= 0.6 is 0 Å². The number of nitriles is 1. The zero-order valence-corrected chi connectivity index (χ0v) is 21.9. The molecular formula is C32H33N3O4. The molecule has 1 atom stereocenters. The van der Waals surface area contributed by atoms with E-state index in [0.29, 0.717) is 35.3 Å². The largest absolute Gasteiger partial charge is 0.834 e. The highest BCUT2D eigenvalue weighted by Crippen LogP contribution is 2.37. The van der Waals surface area contributed by atoms with Crippen LogP contribution < -0.4 is 10.4 Å². The second-order valence-corrected chi connectivity index (χ2v) is 10.7. The fourth-order valence-electron chi connectivity index (χ4n) is 6.13. The second kappa shape index (κ2) is 11.4. The summed E-state index contributed by atoms with van der Waals surface area (Å²) >= 11 is 0. The third-order valence-corrected chi connectivity index (χ3v) is 8.33. The summed E-state index contributed by atoms with van der Waals surface area (Å²) in [5.41, 5.74) is -0.639. The van der Waals surface area contributed by atoms with Gasteiger partial charge in [-0.25, -0.2) is 0 Å². The Kier molecular flexibility index (Phi) is 7.78. The van der Waals surface area contributed by atoms with E-state index in [-0.39, 0.29) is 17.9 Å². The fraction of sp³-hybridized carbons (Fsp3) is 0.344. The van der Waals surface area contributed by atoms with Crippen molar-refractivity contribution in [3.63, 3.8) is 0 Å². The molecule has 3 aromatic carbocycles. The Bertz CT molecular complexity index is 1310. The van der Waals surface area contributed by atoms with Gasteiger partial charge in [0.2, 0.25) is 0 Å². The second-order valence-electron chi connectivity index (χ2n) is 10.7. The lowest BCUT2D eigenvalue weighted by Crippen LogP contribution is -2.65. The standard InChI is InChI=1S/C32H33N3O4/c33-22-25-10-7-8-15-28(25)30(36)34-18-9-19-35-20-16-24(17-21-35)29(23-35)39-31(37)32(38,26-11-3-1-4-12-26)27-13-5-2-6-14-27/h1-8,10-15,24,29H,9,16-21,23H2,(H,34,36). The number of piperidine rings is 3. The molecule has 3 heterocycles. The number of amides is 1. The Labute approximate surface area is 229 Å². The van der Waals surface area contributed by atoms with E-state index >= 15 is 0 Å². The van der Waals surface area contributed by atoms with Crippen molar-refractivity contribution in [2.75, 3.05) is 32.7 Å². The van der Waals surface area contributed by atoms with Gasteiger partial charge in [0.05, 0.1) is 36.8 Å². The van der Waals surface area contributed by atoms with Crippen LogP contribution in [0.15, 0.2) is 84.9 Å². The van der Waals surface area contributed by atoms with Crippen molar-refractivity contribution in [2.24, 2.45) is 5.92 Å². The smallest absolute Gasteiger partial charge is 0.304 e. The third-order valence-electron chi connectivity index (χ3n) is 8.33. The molecule has 3 fully saturated rings. The number of nitrogens with zero attached hydrogens (tertiary/aromatic N) is 2. The molecule has 7 nitrogen and oxygen atoms in total. The molecule has 7 heteroatoms. The number of carbonyl (C=O) groups excluding carboxylic acids is 2. The molecule has 0 spiro atoms. The summed E-state index contributed by atoms with van der Waals surface area (Å²) < 4.78 is 6.91. The van der Waals surface area contributed by atoms with Gasteiger partial charge in [0.1, 0.15) is 6.54 Å². The number of nitrogens with one attached hydrogen (secondary N) is 1. The Morgan fingerprint density at radius 3 is 2.15 bits per heavy atom. The highest BCUT2D eigenvalue weighted by Gasteiger charge is 2.48. The molecule has 0 radical (unpaired) electrons. The number of hydrogen-bond acceptors (Lipinski definition) is 5. The van der Waals surface area contributed by atoms with Crippen LogP contribution in [-0.2, 0) is 15.1 Å². The van der Waals surface area contributed by atoms with Crippen LogP contribution in [0.5, 0.6) is 0 Å². The molecule has 3 aliphatic heterocycles. The number of esters is 1. The predicted molar refractivity (Wildman–Crippen MR) is 144 cm³/mol. The molecule has 39 heavy (non-hydrogen) atoms. The summed E-state index contributed by atoms with van der Waals surface area (Å²) in [6.07, 6.45) is 2.36. The summed E-state index contributed by atoms with van der Waals surface area (Å²) in [7, 11) is 0. The van der Waals surface area contributed by atoms with Crippen LogP contribution in [0, 0.1) is 17.2 Å². The molecule has 2 bridgehead atoms. The topological polar surface area (TPSA) is 102 Å². The van der Waals surface area contributed by atoms with E-state index in [4.69, 9.17) is 4.74 Å². The van der Waals surface area contributed by atoms with Crippen LogP contribution in [0.4, 0.5) is 0 Å². The van der Waals surface area contributed by atoms with E-state index in [1.807, 2.05) is 12.1 Å². The summed E-state index contributed by atoms with van der Waals surface area (Å²) in [5, 5.41) is 26.5. The minimum Gasteiger partial charge on any atom is -0.834 e. The van der Waals surface area contributed by atoms with Crippen molar-refractivity contribution in [2.45, 2.75) is 31.0 Å². The zero-order chi connectivity index (χ0) is 27.3. The molecule has 1 N–H and O–H groups in total. The van der Waals surface area contributed by atoms with Crippen LogP contribution in [0.1, 0.15) is 46.3 Å². The molecule has 6 rings (SSSR count). The van der Waals surface area contributed by atoms with Crippen molar-refractivity contribution >= 4 is 11.9 Å². The number of rotatable bonds is 9. The fourth-order valence-corrected chi connectivity index (χ4v) is 6.13. The highest BCUT2D eigenvalue weighted by molar-refractivity contribution is 5.96. The first-order valence-corrected chi connectivity index (χ1v) is 13.6. The van der Waals surface area contributed by atoms with Crippen LogP contribution in [0.2, 0.25) is 0 Å². The normalized spacial score (nSPS) is 22.1. The van der Waals surface area contributed by atoms with Gasteiger partial charge in [-0.1, -0.05) is 72.8 Å². The number of benzene rings is 3. The average Bonchev–Trinajstić information content (AvgIpc) is 3.00. The summed E-state index contributed by atoms with van der Waals surface area (Å²) in [6, 6.07) is 26.3. The van der Waals surface area contributed by atoms with Gasteiger partial charge in [-0.3, -0.25) is 9.59 Å². The SMILES string of the molecule is N#Cc1ccccc1C(=O)NCCC[N+]12CCC(CC1)C(OC(=O)C([O-])(c1ccccc1)c1ccccc1)C2. The first-order chi connectivity index (χ1) is 18.9. The van der Waals surface area contributed by atoms with Gasteiger partial charge < -0.3 is 19.6 Å². The van der Waals surface area contributed by atoms with Gasteiger partial charge in [0.25, 0.3) is 5.91 Å². The van der Waals surface area contributed by atoms with E-state index in [2.05, 4.69) is 11.4 Å².